The van der Waals surface area contributed by atoms with Crippen LogP contribution in [0.1, 0.15) is 80.6 Å². The Bertz CT molecular complexity index is 1010. The molecule has 2 bridgehead atoms. The third-order valence-corrected chi connectivity index (χ3v) is 12.4. The molecule has 41 heavy (non-hydrogen) atoms. The molecule has 0 radical (unpaired) electrons. The van der Waals surface area contributed by atoms with E-state index in [-0.39, 0.29) is 52.4 Å². The highest BCUT2D eigenvalue weighted by atomic mass is 79.9. The molecule has 3 aliphatic heterocycles. The molecule has 1 N–H and O–H groups in total. The molecule has 0 aromatic carbocycles. The Morgan fingerprint density at radius 1 is 1.27 bits per heavy atom. The van der Waals surface area contributed by atoms with Gasteiger partial charge in [-0.25, -0.2) is 0 Å². The van der Waals surface area contributed by atoms with E-state index in [0.29, 0.717) is 19.4 Å². The molecule has 0 aliphatic carbocycles. The van der Waals surface area contributed by atoms with Gasteiger partial charge in [-0.05, 0) is 50.9 Å². The standard InChI is InChI=1S/C32H51BrN2O5S/c1-10-13-14-16-40-29(39)23-24-27(37)35(22(18-36)20(4)12-3)26(32(24)17-21(33)25(23)41-32)28(38)34(15-11-2)31(8,9)19-30(5,6)7/h10-11,20-26,36H,1-2,12-19H2,3-9H3/t20-,21?,22-,23-,24-,25-,26?,32?/m0/s1. The first-order valence-electron chi connectivity index (χ1n) is 15.1. The number of carbonyl (C=O) groups excluding carboxylic acids is 3. The van der Waals surface area contributed by atoms with Crippen LogP contribution in [-0.2, 0) is 19.1 Å². The molecule has 2 amide bonds. The van der Waals surface area contributed by atoms with Crippen molar-refractivity contribution < 1.29 is 24.2 Å². The van der Waals surface area contributed by atoms with Crippen molar-refractivity contribution in [2.75, 3.05) is 19.8 Å². The summed E-state index contributed by atoms with van der Waals surface area (Å²) in [5.74, 6) is -2.08. The zero-order chi connectivity index (χ0) is 30.9. The van der Waals surface area contributed by atoms with Crippen LogP contribution in [0.4, 0.5) is 0 Å². The number of fused-ring (bicyclic) bond motifs is 1. The average molecular weight is 656 g/mol. The van der Waals surface area contributed by atoms with E-state index in [1.54, 1.807) is 28.8 Å². The van der Waals surface area contributed by atoms with E-state index in [4.69, 9.17) is 4.74 Å². The molecule has 3 rings (SSSR count). The van der Waals surface area contributed by atoms with E-state index in [1.807, 2.05) is 18.7 Å². The van der Waals surface area contributed by atoms with Crippen molar-refractivity contribution in [1.29, 1.82) is 0 Å². The zero-order valence-corrected chi connectivity index (χ0v) is 28.4. The van der Waals surface area contributed by atoms with Crippen molar-refractivity contribution in [3.63, 3.8) is 0 Å². The Morgan fingerprint density at radius 3 is 2.46 bits per heavy atom. The number of allylic oxidation sites excluding steroid dienone is 1. The fourth-order valence-electron chi connectivity index (χ4n) is 7.59. The van der Waals surface area contributed by atoms with Gasteiger partial charge in [-0.15, -0.1) is 24.9 Å². The van der Waals surface area contributed by atoms with Crippen LogP contribution in [0.3, 0.4) is 0 Å². The third-order valence-electron chi connectivity index (χ3n) is 9.15. The van der Waals surface area contributed by atoms with E-state index in [1.165, 1.54) is 0 Å². The maximum absolute atomic E-state index is 15.0. The number of thioether (sulfide) groups is 1. The Morgan fingerprint density at radius 2 is 1.93 bits per heavy atom. The molecule has 0 aromatic heterocycles. The number of alkyl halides is 1. The van der Waals surface area contributed by atoms with Crippen LogP contribution in [0.25, 0.3) is 0 Å². The number of unbranched alkanes of at least 4 members (excludes halogenated alkanes) is 1. The smallest absolute Gasteiger partial charge is 0.310 e. The Hall–Kier alpha value is -1.32. The number of hydrogen-bond acceptors (Lipinski definition) is 6. The fourth-order valence-corrected chi connectivity index (χ4v) is 11.2. The third kappa shape index (κ3) is 6.47. The quantitative estimate of drug-likeness (QED) is 0.114. The highest BCUT2D eigenvalue weighted by Gasteiger charge is 2.77. The fraction of sp³-hybridized carbons (Fsp3) is 0.781. The summed E-state index contributed by atoms with van der Waals surface area (Å²) >= 11 is 5.43. The van der Waals surface area contributed by atoms with E-state index in [9.17, 15) is 19.5 Å². The lowest BCUT2D eigenvalue weighted by Gasteiger charge is -2.47. The molecule has 0 saturated carbocycles. The second kappa shape index (κ2) is 13.1. The zero-order valence-electron chi connectivity index (χ0n) is 26.0. The second-order valence-corrected chi connectivity index (χ2v) is 16.6. The molecule has 0 aromatic rings. The Labute approximate surface area is 260 Å². The van der Waals surface area contributed by atoms with Crippen molar-refractivity contribution in [2.24, 2.45) is 23.2 Å². The molecule has 7 nitrogen and oxygen atoms in total. The number of nitrogens with zero attached hydrogens (tertiary/aromatic N) is 2. The molecule has 232 valence electrons. The number of likely N-dealkylation sites (tertiary alicyclic amines) is 1. The van der Waals surface area contributed by atoms with Crippen LogP contribution < -0.4 is 0 Å². The van der Waals surface area contributed by atoms with E-state index >= 15 is 0 Å². The van der Waals surface area contributed by atoms with E-state index < -0.39 is 34.2 Å². The van der Waals surface area contributed by atoms with Gasteiger partial charge in [0, 0.05) is 22.2 Å². The van der Waals surface area contributed by atoms with Gasteiger partial charge in [-0.2, -0.15) is 0 Å². The highest BCUT2D eigenvalue weighted by molar-refractivity contribution is 9.09. The number of hydrogen-bond donors (Lipinski definition) is 1. The topological polar surface area (TPSA) is 87.1 Å². The molecule has 3 fully saturated rings. The normalized spacial score (nSPS) is 30.6. The lowest BCUT2D eigenvalue weighted by Crippen LogP contribution is -2.62. The summed E-state index contributed by atoms with van der Waals surface area (Å²) in [7, 11) is 0. The Kier molecular flexibility index (Phi) is 10.9. The van der Waals surface area contributed by atoms with Crippen molar-refractivity contribution in [3.05, 3.63) is 25.3 Å². The summed E-state index contributed by atoms with van der Waals surface area (Å²) in [6.07, 6.45) is 7.03. The molecule has 9 heteroatoms. The van der Waals surface area contributed by atoms with Crippen LogP contribution in [0, 0.1) is 23.2 Å². The molecule has 3 unspecified atom stereocenters. The number of amides is 2. The SMILES string of the molecule is C=CCCCOC(=O)[C@H]1[C@H]2C(=O)N([C@@H](CO)[C@@H](C)CC)C(C(=O)N(CC=C)C(C)(C)CC(C)(C)C)C23CC(Br)[C@@H]1S3. The second-order valence-electron chi connectivity index (χ2n) is 13.9. The number of aliphatic hydroxyl groups excluding tert-OH is 1. The van der Waals surface area contributed by atoms with Crippen LogP contribution in [0.5, 0.6) is 0 Å². The van der Waals surface area contributed by atoms with Crippen LogP contribution in [0.2, 0.25) is 0 Å². The van der Waals surface area contributed by atoms with Gasteiger partial charge >= 0.3 is 5.97 Å². The number of carbonyl (C=O) groups is 3. The number of halogens is 1. The van der Waals surface area contributed by atoms with Gasteiger partial charge < -0.3 is 19.6 Å². The number of ether oxygens (including phenoxy) is 1. The van der Waals surface area contributed by atoms with Gasteiger partial charge in [0.25, 0.3) is 0 Å². The lowest BCUT2D eigenvalue weighted by molar-refractivity contribution is -0.155. The predicted molar refractivity (Wildman–Crippen MR) is 170 cm³/mol. The molecule has 3 heterocycles. The largest absolute Gasteiger partial charge is 0.465 e. The van der Waals surface area contributed by atoms with Crippen LogP contribution >= 0.6 is 27.7 Å². The first kappa shape index (κ1) is 34.2. The lowest BCUT2D eigenvalue weighted by atomic mass is 9.70. The number of aliphatic hydroxyl groups is 1. The van der Waals surface area contributed by atoms with Crippen molar-refractivity contribution in [2.45, 2.75) is 113 Å². The van der Waals surface area contributed by atoms with Gasteiger partial charge in [0.1, 0.15) is 6.04 Å². The van der Waals surface area contributed by atoms with Crippen LogP contribution in [-0.4, -0.2) is 84.9 Å². The van der Waals surface area contributed by atoms with Crippen molar-refractivity contribution >= 4 is 45.5 Å². The molecule has 8 atom stereocenters. The molecule has 3 saturated heterocycles. The maximum Gasteiger partial charge on any atom is 0.310 e. The molecule has 1 spiro atoms. The van der Waals surface area contributed by atoms with Crippen molar-refractivity contribution in [1.82, 2.24) is 9.80 Å². The first-order chi connectivity index (χ1) is 19.1. The maximum atomic E-state index is 15.0. The summed E-state index contributed by atoms with van der Waals surface area (Å²) in [5, 5.41) is 10.5. The van der Waals surface area contributed by atoms with Crippen LogP contribution in [0.15, 0.2) is 25.3 Å². The minimum absolute atomic E-state index is 0.0313. The van der Waals surface area contributed by atoms with Crippen molar-refractivity contribution in [3.8, 4) is 0 Å². The van der Waals surface area contributed by atoms with Gasteiger partial charge in [0.15, 0.2) is 0 Å². The van der Waals surface area contributed by atoms with Gasteiger partial charge in [0.05, 0.1) is 35.8 Å². The summed E-state index contributed by atoms with van der Waals surface area (Å²) < 4.78 is 4.92. The summed E-state index contributed by atoms with van der Waals surface area (Å²) in [5.41, 5.74) is -0.557. The average Bonchev–Trinajstić information content (AvgIpc) is 3.47. The molecule has 3 aliphatic rings. The Balaban J connectivity index is 2.13. The summed E-state index contributed by atoms with van der Waals surface area (Å²) in [6.45, 7) is 22.7. The van der Waals surface area contributed by atoms with Gasteiger partial charge in [-0.3, -0.25) is 14.4 Å². The number of rotatable bonds is 14. The minimum Gasteiger partial charge on any atom is -0.465 e. The van der Waals surface area contributed by atoms with E-state index in [0.717, 1.165) is 19.3 Å². The molecular formula is C32H51BrN2O5S. The summed E-state index contributed by atoms with van der Waals surface area (Å²) in [6, 6.07) is -1.34. The molecular weight excluding hydrogens is 604 g/mol. The minimum atomic E-state index is -0.807. The highest BCUT2D eigenvalue weighted by Crippen LogP contribution is 2.68. The summed E-state index contributed by atoms with van der Waals surface area (Å²) in [4.78, 5) is 46.6. The predicted octanol–water partition coefficient (Wildman–Crippen LogP) is 5.60. The first-order valence-corrected chi connectivity index (χ1v) is 16.9. The number of esters is 1. The van der Waals surface area contributed by atoms with Gasteiger partial charge in [-0.1, -0.05) is 69.1 Å². The monoisotopic (exact) mass is 654 g/mol. The van der Waals surface area contributed by atoms with Gasteiger partial charge in [0.2, 0.25) is 11.8 Å². The van der Waals surface area contributed by atoms with E-state index in [2.05, 4.69) is 63.7 Å².